The van der Waals surface area contributed by atoms with Gasteiger partial charge in [0.15, 0.2) is 0 Å². The van der Waals surface area contributed by atoms with Gasteiger partial charge in [-0.15, -0.1) is 0 Å². The van der Waals surface area contributed by atoms with Crippen molar-refractivity contribution in [2.45, 2.75) is 38.3 Å². The van der Waals surface area contributed by atoms with Crippen molar-refractivity contribution in [3.8, 4) is 0 Å². The molecule has 98 valence electrons. The maximum atomic E-state index is 11.1. The quantitative estimate of drug-likeness (QED) is 0.910. The molecule has 4 heteroatoms. The number of carbonyl (C=O) groups is 1. The molecule has 0 bridgehead atoms. The maximum absolute atomic E-state index is 11.1. The molecule has 3 nitrogen and oxygen atoms in total. The summed E-state index contributed by atoms with van der Waals surface area (Å²) in [7, 11) is 0. The summed E-state index contributed by atoms with van der Waals surface area (Å²) in [6.45, 7) is 1.91. The molecule has 1 amide bonds. The molecule has 18 heavy (non-hydrogen) atoms. The van der Waals surface area contributed by atoms with E-state index in [2.05, 4.69) is 4.90 Å². The maximum Gasteiger partial charge on any atom is 0.218 e. The molecule has 1 unspecified atom stereocenters. The van der Waals surface area contributed by atoms with E-state index < -0.39 is 0 Å². The molecule has 1 aliphatic rings. The van der Waals surface area contributed by atoms with E-state index in [1.165, 1.54) is 18.4 Å². The molecule has 0 spiro atoms. The molecule has 1 aromatic carbocycles. The van der Waals surface area contributed by atoms with Crippen LogP contribution in [0.5, 0.6) is 0 Å². The normalized spacial score (nSPS) is 20.8. The first-order chi connectivity index (χ1) is 8.65. The van der Waals surface area contributed by atoms with Crippen molar-refractivity contribution < 1.29 is 4.79 Å². The van der Waals surface area contributed by atoms with Crippen LogP contribution >= 0.6 is 11.6 Å². The summed E-state index contributed by atoms with van der Waals surface area (Å²) in [4.78, 5) is 13.4. The van der Waals surface area contributed by atoms with E-state index in [1.807, 2.05) is 24.3 Å². The second-order valence-electron chi connectivity index (χ2n) is 4.92. The summed E-state index contributed by atoms with van der Waals surface area (Å²) in [6.07, 6.45) is 3.92. The topological polar surface area (TPSA) is 46.3 Å². The fourth-order valence-electron chi connectivity index (χ4n) is 2.56. The van der Waals surface area contributed by atoms with E-state index in [9.17, 15) is 4.79 Å². The van der Waals surface area contributed by atoms with Gasteiger partial charge in [0.1, 0.15) is 0 Å². The highest BCUT2D eigenvalue weighted by atomic mass is 35.5. The number of benzene rings is 1. The molecule has 0 aliphatic carbocycles. The van der Waals surface area contributed by atoms with Gasteiger partial charge >= 0.3 is 0 Å². The van der Waals surface area contributed by atoms with Crippen LogP contribution in [0.15, 0.2) is 24.3 Å². The van der Waals surface area contributed by atoms with Crippen LogP contribution in [0, 0.1) is 0 Å². The predicted molar refractivity (Wildman–Crippen MR) is 73.3 cm³/mol. The summed E-state index contributed by atoms with van der Waals surface area (Å²) in [6, 6.07) is 8.19. The SMILES string of the molecule is NC(=O)CC1CCCCN1Cc1ccc(Cl)cc1. The smallest absolute Gasteiger partial charge is 0.218 e. The number of primary amides is 1. The highest BCUT2D eigenvalue weighted by molar-refractivity contribution is 6.30. The monoisotopic (exact) mass is 266 g/mol. The Morgan fingerprint density at radius 3 is 2.72 bits per heavy atom. The molecule has 1 atom stereocenters. The number of carbonyl (C=O) groups excluding carboxylic acids is 1. The third-order valence-corrected chi connectivity index (χ3v) is 3.74. The van der Waals surface area contributed by atoms with Crippen molar-refractivity contribution in [3.05, 3.63) is 34.9 Å². The Balaban J connectivity index is 2.00. The molecule has 0 aromatic heterocycles. The summed E-state index contributed by atoms with van der Waals surface area (Å²) in [5.74, 6) is -0.206. The number of nitrogens with two attached hydrogens (primary N) is 1. The van der Waals surface area contributed by atoms with E-state index in [-0.39, 0.29) is 5.91 Å². The van der Waals surface area contributed by atoms with E-state index in [0.29, 0.717) is 12.5 Å². The van der Waals surface area contributed by atoms with Gasteiger partial charge in [-0.25, -0.2) is 0 Å². The lowest BCUT2D eigenvalue weighted by atomic mass is 9.98. The Bertz CT molecular complexity index is 405. The molecule has 0 radical (unpaired) electrons. The average molecular weight is 267 g/mol. The highest BCUT2D eigenvalue weighted by Gasteiger charge is 2.23. The van der Waals surface area contributed by atoms with Crippen molar-refractivity contribution in [1.82, 2.24) is 4.90 Å². The van der Waals surface area contributed by atoms with Crippen LogP contribution in [0.3, 0.4) is 0 Å². The molecule has 2 N–H and O–H groups in total. The van der Waals surface area contributed by atoms with Gasteiger partial charge in [0.2, 0.25) is 5.91 Å². The lowest BCUT2D eigenvalue weighted by Gasteiger charge is -2.35. The molecule has 1 heterocycles. The Morgan fingerprint density at radius 2 is 2.06 bits per heavy atom. The van der Waals surface area contributed by atoms with Gasteiger partial charge in [-0.1, -0.05) is 30.2 Å². The van der Waals surface area contributed by atoms with Gasteiger partial charge < -0.3 is 5.73 Å². The van der Waals surface area contributed by atoms with E-state index in [0.717, 1.165) is 24.5 Å². The third kappa shape index (κ3) is 3.72. The van der Waals surface area contributed by atoms with Gasteiger partial charge in [-0.3, -0.25) is 9.69 Å². The molecule has 1 fully saturated rings. The third-order valence-electron chi connectivity index (χ3n) is 3.48. The number of piperidine rings is 1. The molecular weight excluding hydrogens is 248 g/mol. The van der Waals surface area contributed by atoms with Crippen LogP contribution in [0.4, 0.5) is 0 Å². The van der Waals surface area contributed by atoms with Crippen LogP contribution in [-0.4, -0.2) is 23.4 Å². The van der Waals surface area contributed by atoms with Crippen molar-refractivity contribution in [2.75, 3.05) is 6.54 Å². The fraction of sp³-hybridized carbons (Fsp3) is 0.500. The largest absolute Gasteiger partial charge is 0.370 e. The second kappa shape index (κ2) is 6.21. The number of rotatable bonds is 4. The number of likely N-dealkylation sites (tertiary alicyclic amines) is 1. The van der Waals surface area contributed by atoms with E-state index >= 15 is 0 Å². The minimum atomic E-state index is -0.206. The Morgan fingerprint density at radius 1 is 1.33 bits per heavy atom. The van der Waals surface area contributed by atoms with Crippen molar-refractivity contribution in [1.29, 1.82) is 0 Å². The van der Waals surface area contributed by atoms with Gasteiger partial charge in [0.05, 0.1) is 0 Å². The van der Waals surface area contributed by atoms with Crippen LogP contribution in [0.2, 0.25) is 5.02 Å². The first-order valence-corrected chi connectivity index (χ1v) is 6.80. The fourth-order valence-corrected chi connectivity index (χ4v) is 2.68. The zero-order valence-electron chi connectivity index (χ0n) is 10.4. The van der Waals surface area contributed by atoms with Crippen LogP contribution in [-0.2, 0) is 11.3 Å². The van der Waals surface area contributed by atoms with E-state index in [1.54, 1.807) is 0 Å². The zero-order valence-corrected chi connectivity index (χ0v) is 11.2. The van der Waals surface area contributed by atoms with Gasteiger partial charge in [0.25, 0.3) is 0 Å². The van der Waals surface area contributed by atoms with Crippen molar-refractivity contribution in [2.24, 2.45) is 5.73 Å². The zero-order chi connectivity index (χ0) is 13.0. The highest BCUT2D eigenvalue weighted by Crippen LogP contribution is 2.22. The Kier molecular flexibility index (Phi) is 4.61. The summed E-state index contributed by atoms with van der Waals surface area (Å²) in [5.41, 5.74) is 6.55. The van der Waals surface area contributed by atoms with Crippen LogP contribution in [0.1, 0.15) is 31.2 Å². The van der Waals surface area contributed by atoms with Gasteiger partial charge in [-0.2, -0.15) is 0 Å². The Hall–Kier alpha value is -1.06. The number of halogens is 1. The molecular formula is C14H19ClN2O. The Labute approximate surface area is 113 Å². The predicted octanol–water partition coefficient (Wildman–Crippen LogP) is 2.57. The number of hydrogen-bond acceptors (Lipinski definition) is 2. The standard InChI is InChI=1S/C14H19ClN2O/c15-12-6-4-11(5-7-12)10-17-8-2-1-3-13(17)9-14(16)18/h4-7,13H,1-3,8-10H2,(H2,16,18). The first-order valence-electron chi connectivity index (χ1n) is 6.42. The molecule has 1 aromatic rings. The molecule has 0 saturated carbocycles. The molecule has 1 saturated heterocycles. The number of amides is 1. The van der Waals surface area contributed by atoms with Gasteiger partial charge in [-0.05, 0) is 37.1 Å². The lowest BCUT2D eigenvalue weighted by Crippen LogP contribution is -2.41. The average Bonchev–Trinajstić information content (AvgIpc) is 2.34. The second-order valence-corrected chi connectivity index (χ2v) is 5.35. The summed E-state index contributed by atoms with van der Waals surface area (Å²) < 4.78 is 0. The molecule has 2 rings (SSSR count). The molecule has 1 aliphatic heterocycles. The van der Waals surface area contributed by atoms with Crippen LogP contribution in [0.25, 0.3) is 0 Å². The summed E-state index contributed by atoms with van der Waals surface area (Å²) >= 11 is 5.88. The van der Waals surface area contributed by atoms with Crippen molar-refractivity contribution in [3.63, 3.8) is 0 Å². The van der Waals surface area contributed by atoms with Gasteiger partial charge in [0, 0.05) is 24.0 Å². The summed E-state index contributed by atoms with van der Waals surface area (Å²) in [5, 5.41) is 0.756. The van der Waals surface area contributed by atoms with E-state index in [4.69, 9.17) is 17.3 Å². The minimum Gasteiger partial charge on any atom is -0.370 e. The number of hydrogen-bond donors (Lipinski definition) is 1. The first kappa shape index (κ1) is 13.4. The number of nitrogens with zero attached hydrogens (tertiary/aromatic N) is 1. The lowest BCUT2D eigenvalue weighted by molar-refractivity contribution is -0.119. The van der Waals surface area contributed by atoms with Crippen LogP contribution < -0.4 is 5.73 Å². The minimum absolute atomic E-state index is 0.206. The van der Waals surface area contributed by atoms with Crippen molar-refractivity contribution >= 4 is 17.5 Å².